The lowest BCUT2D eigenvalue weighted by Crippen LogP contribution is -2.41. The Hall–Kier alpha value is -0.400. The summed E-state index contributed by atoms with van der Waals surface area (Å²) in [5.41, 5.74) is 2.39. The summed E-state index contributed by atoms with van der Waals surface area (Å²) in [4.78, 5) is 2.46. The molecule has 2 rings (SSSR count). The molecular weight excluding hydrogens is 253 g/mol. The number of alkyl halides is 1. The Morgan fingerprint density at radius 3 is 2.76 bits per heavy atom. The molecule has 94 valence electrons. The molecule has 0 bridgehead atoms. The van der Waals surface area contributed by atoms with Crippen molar-refractivity contribution < 1.29 is 0 Å². The lowest BCUT2D eigenvalue weighted by molar-refractivity contribution is 0.390. The van der Waals surface area contributed by atoms with Gasteiger partial charge in [-0.25, -0.2) is 0 Å². The van der Waals surface area contributed by atoms with Crippen LogP contribution in [0.25, 0.3) is 0 Å². The van der Waals surface area contributed by atoms with Gasteiger partial charge in [0, 0.05) is 29.2 Å². The fourth-order valence-electron chi connectivity index (χ4n) is 2.54. The predicted octanol–water partition coefficient (Wildman–Crippen LogP) is 4.70. The molecule has 0 radical (unpaired) electrons. The minimum atomic E-state index is 0.546. The molecule has 1 aromatic rings. The maximum absolute atomic E-state index is 6.11. The van der Waals surface area contributed by atoms with Gasteiger partial charge in [0.1, 0.15) is 0 Å². The van der Waals surface area contributed by atoms with Gasteiger partial charge in [-0.1, -0.05) is 24.6 Å². The zero-order valence-corrected chi connectivity index (χ0v) is 11.9. The van der Waals surface area contributed by atoms with Gasteiger partial charge in [0.2, 0.25) is 0 Å². The van der Waals surface area contributed by atoms with Gasteiger partial charge in [-0.2, -0.15) is 0 Å². The van der Waals surface area contributed by atoms with Crippen LogP contribution in [-0.4, -0.2) is 12.6 Å². The molecule has 3 heteroatoms. The number of nitrogens with zero attached hydrogens (tertiary/aromatic N) is 1. The van der Waals surface area contributed by atoms with Gasteiger partial charge in [0.25, 0.3) is 0 Å². The summed E-state index contributed by atoms with van der Waals surface area (Å²) >= 11 is 12.1. The molecule has 0 spiro atoms. The van der Waals surface area contributed by atoms with Crippen LogP contribution in [0.15, 0.2) is 18.2 Å². The predicted molar refractivity (Wildman–Crippen MR) is 76.2 cm³/mol. The second-order valence-corrected chi connectivity index (χ2v) is 5.79. The lowest BCUT2D eigenvalue weighted by Gasteiger charge is -2.39. The Bertz CT molecular complexity index is 392. The highest BCUT2D eigenvalue weighted by Gasteiger charge is 2.24. The molecule has 0 N–H and O–H groups in total. The van der Waals surface area contributed by atoms with Crippen LogP contribution < -0.4 is 4.90 Å². The topological polar surface area (TPSA) is 3.24 Å². The Morgan fingerprint density at radius 1 is 1.29 bits per heavy atom. The third-order valence-corrected chi connectivity index (χ3v) is 4.14. The number of hydrogen-bond donors (Lipinski definition) is 0. The van der Waals surface area contributed by atoms with Crippen LogP contribution in [0.5, 0.6) is 0 Å². The smallest absolute Gasteiger partial charge is 0.0494 e. The average molecular weight is 272 g/mol. The largest absolute Gasteiger partial charge is 0.368 e. The Kier molecular flexibility index (Phi) is 4.22. The Labute approximate surface area is 114 Å². The summed E-state index contributed by atoms with van der Waals surface area (Å²) in [5, 5.41) is 0.791. The van der Waals surface area contributed by atoms with E-state index in [1.54, 1.807) is 0 Å². The van der Waals surface area contributed by atoms with Crippen molar-refractivity contribution in [2.45, 2.75) is 38.6 Å². The fraction of sp³-hybridized carbons (Fsp3) is 0.571. The van der Waals surface area contributed by atoms with Crippen LogP contribution in [-0.2, 0) is 5.88 Å². The summed E-state index contributed by atoms with van der Waals surface area (Å²) in [6.07, 6.45) is 2.56. The van der Waals surface area contributed by atoms with Crippen LogP contribution >= 0.6 is 23.2 Å². The first-order valence-electron chi connectivity index (χ1n) is 6.23. The number of rotatable bonds is 2. The van der Waals surface area contributed by atoms with E-state index in [1.807, 2.05) is 18.2 Å². The van der Waals surface area contributed by atoms with Crippen molar-refractivity contribution in [1.82, 2.24) is 0 Å². The van der Waals surface area contributed by atoms with E-state index in [9.17, 15) is 0 Å². The van der Waals surface area contributed by atoms with E-state index >= 15 is 0 Å². The number of benzene rings is 1. The normalized spacial score (nSPS) is 25.1. The highest BCUT2D eigenvalue weighted by molar-refractivity contribution is 6.31. The molecule has 1 nitrogen and oxygen atoms in total. The van der Waals surface area contributed by atoms with E-state index < -0.39 is 0 Å². The number of hydrogen-bond acceptors (Lipinski definition) is 1. The van der Waals surface area contributed by atoms with Crippen molar-refractivity contribution in [3.8, 4) is 0 Å². The van der Waals surface area contributed by atoms with Crippen molar-refractivity contribution >= 4 is 28.9 Å². The van der Waals surface area contributed by atoms with Gasteiger partial charge in [0.05, 0.1) is 0 Å². The molecule has 1 heterocycles. The van der Waals surface area contributed by atoms with Gasteiger partial charge >= 0.3 is 0 Å². The molecular formula is C14H19Cl2N. The standard InChI is InChI=1S/C14H19Cl2N/c1-10-3-4-11(2)17(9-10)14-7-13(16)6-5-12(14)8-15/h5-7,10-11H,3-4,8-9H2,1-2H3. The maximum Gasteiger partial charge on any atom is 0.0494 e. The van der Waals surface area contributed by atoms with Crippen molar-refractivity contribution in [1.29, 1.82) is 0 Å². The third kappa shape index (κ3) is 2.89. The lowest BCUT2D eigenvalue weighted by atomic mass is 9.94. The summed E-state index contributed by atoms with van der Waals surface area (Å²) in [5.74, 6) is 1.29. The van der Waals surface area contributed by atoms with E-state index in [0.717, 1.165) is 17.5 Å². The van der Waals surface area contributed by atoms with Crippen LogP contribution in [0, 0.1) is 5.92 Å². The average Bonchev–Trinajstić information content (AvgIpc) is 2.32. The third-order valence-electron chi connectivity index (χ3n) is 3.62. The zero-order chi connectivity index (χ0) is 12.4. The van der Waals surface area contributed by atoms with Gasteiger partial charge in [-0.3, -0.25) is 0 Å². The molecule has 0 amide bonds. The second-order valence-electron chi connectivity index (χ2n) is 5.09. The van der Waals surface area contributed by atoms with E-state index in [-0.39, 0.29) is 0 Å². The minimum Gasteiger partial charge on any atom is -0.368 e. The van der Waals surface area contributed by atoms with Crippen molar-refractivity contribution in [3.05, 3.63) is 28.8 Å². The van der Waals surface area contributed by atoms with Gasteiger partial charge in [0.15, 0.2) is 0 Å². The number of piperidine rings is 1. The first-order valence-corrected chi connectivity index (χ1v) is 7.14. The Balaban J connectivity index is 2.33. The SMILES string of the molecule is CC1CCC(C)N(c2cc(Cl)ccc2CCl)C1. The monoisotopic (exact) mass is 271 g/mol. The van der Waals surface area contributed by atoms with Crippen molar-refractivity contribution in [3.63, 3.8) is 0 Å². The highest BCUT2D eigenvalue weighted by atomic mass is 35.5. The Morgan fingerprint density at radius 2 is 2.06 bits per heavy atom. The molecule has 1 saturated heterocycles. The first-order chi connectivity index (χ1) is 8.11. The number of anilines is 1. The van der Waals surface area contributed by atoms with Crippen molar-refractivity contribution in [2.24, 2.45) is 5.92 Å². The zero-order valence-electron chi connectivity index (χ0n) is 10.4. The quantitative estimate of drug-likeness (QED) is 0.705. The first kappa shape index (κ1) is 13.0. The molecule has 0 saturated carbocycles. The van der Waals surface area contributed by atoms with Gasteiger partial charge < -0.3 is 4.90 Å². The molecule has 1 aliphatic heterocycles. The fourth-order valence-corrected chi connectivity index (χ4v) is 2.93. The van der Waals surface area contributed by atoms with Crippen molar-refractivity contribution in [2.75, 3.05) is 11.4 Å². The van der Waals surface area contributed by atoms with E-state index in [4.69, 9.17) is 23.2 Å². The molecule has 17 heavy (non-hydrogen) atoms. The molecule has 1 aromatic carbocycles. The molecule has 2 atom stereocenters. The van der Waals surface area contributed by atoms with Crippen LogP contribution in [0.1, 0.15) is 32.3 Å². The van der Waals surface area contributed by atoms with Crippen LogP contribution in [0.3, 0.4) is 0 Å². The minimum absolute atomic E-state index is 0.546. The highest BCUT2D eigenvalue weighted by Crippen LogP contribution is 2.32. The van der Waals surface area contributed by atoms with E-state index in [2.05, 4.69) is 18.7 Å². The summed E-state index contributed by atoms with van der Waals surface area (Å²) < 4.78 is 0. The van der Waals surface area contributed by atoms with E-state index in [1.165, 1.54) is 24.1 Å². The molecule has 1 fully saturated rings. The van der Waals surface area contributed by atoms with Gasteiger partial charge in [-0.15, -0.1) is 11.6 Å². The molecule has 1 aliphatic rings. The summed E-state index contributed by atoms with van der Waals surface area (Å²) in [6.45, 7) is 5.69. The van der Waals surface area contributed by atoms with Gasteiger partial charge in [-0.05, 0) is 43.4 Å². The molecule has 0 aliphatic carbocycles. The van der Waals surface area contributed by atoms with E-state index in [0.29, 0.717) is 11.9 Å². The maximum atomic E-state index is 6.11. The number of halogens is 2. The van der Waals surface area contributed by atoms with Crippen LogP contribution in [0.2, 0.25) is 5.02 Å². The summed E-state index contributed by atoms with van der Waals surface area (Å²) in [7, 11) is 0. The van der Waals surface area contributed by atoms with Crippen LogP contribution in [0.4, 0.5) is 5.69 Å². The second kappa shape index (κ2) is 5.49. The molecule has 0 aromatic heterocycles. The summed E-state index contributed by atoms with van der Waals surface area (Å²) in [6, 6.07) is 6.58. The molecule has 2 unspecified atom stereocenters.